The zero-order valence-corrected chi connectivity index (χ0v) is 12.9. The van der Waals surface area contributed by atoms with Crippen LogP contribution in [0.1, 0.15) is 16.1 Å². The molecule has 21 heavy (non-hydrogen) atoms. The van der Waals surface area contributed by atoms with E-state index in [1.807, 2.05) is 35.8 Å². The van der Waals surface area contributed by atoms with E-state index < -0.39 is 0 Å². The number of aryl methyl sites for hydroxylation is 1. The summed E-state index contributed by atoms with van der Waals surface area (Å²) in [5.41, 5.74) is 2.55. The van der Waals surface area contributed by atoms with E-state index in [0.717, 1.165) is 16.6 Å². The van der Waals surface area contributed by atoms with Crippen molar-refractivity contribution in [3.05, 3.63) is 69.8 Å². The van der Waals surface area contributed by atoms with Crippen LogP contribution in [0.2, 0.25) is 10.0 Å². The summed E-state index contributed by atoms with van der Waals surface area (Å²) in [5.74, 6) is -0.0491. The predicted molar refractivity (Wildman–Crippen MR) is 87.5 cm³/mol. The number of carbonyl (C=O) groups excluding carboxylic acids is 1. The van der Waals surface area contributed by atoms with Gasteiger partial charge in [0.15, 0.2) is 5.78 Å². The fourth-order valence-electron chi connectivity index (χ4n) is 2.50. The lowest BCUT2D eigenvalue weighted by molar-refractivity contribution is 0.0973. The Morgan fingerprint density at radius 1 is 1.10 bits per heavy atom. The Hall–Kier alpha value is -1.77. The van der Waals surface area contributed by atoms with Gasteiger partial charge in [0.2, 0.25) is 0 Å². The molecule has 0 bridgehead atoms. The van der Waals surface area contributed by atoms with Crippen molar-refractivity contribution in [3.8, 4) is 0 Å². The SMILES string of the molecule is Cc1cc2ccccc2n1CC(=O)c1cc(Cl)ccc1Cl. The number of para-hydroxylation sites is 1. The number of hydrogen-bond acceptors (Lipinski definition) is 1. The summed E-state index contributed by atoms with van der Waals surface area (Å²) in [6, 6.07) is 15.0. The molecule has 0 atom stereocenters. The van der Waals surface area contributed by atoms with Crippen molar-refractivity contribution < 1.29 is 4.79 Å². The molecule has 106 valence electrons. The summed E-state index contributed by atoms with van der Waals surface area (Å²) in [5, 5.41) is 2.07. The van der Waals surface area contributed by atoms with Crippen molar-refractivity contribution in [1.82, 2.24) is 4.57 Å². The van der Waals surface area contributed by atoms with Crippen LogP contribution in [0.5, 0.6) is 0 Å². The molecule has 0 radical (unpaired) electrons. The summed E-state index contributed by atoms with van der Waals surface area (Å²) in [4.78, 5) is 12.5. The summed E-state index contributed by atoms with van der Waals surface area (Å²) >= 11 is 12.1. The van der Waals surface area contributed by atoms with Gasteiger partial charge in [0.1, 0.15) is 0 Å². The lowest BCUT2D eigenvalue weighted by Crippen LogP contribution is -2.12. The molecule has 0 spiro atoms. The zero-order chi connectivity index (χ0) is 15.0. The van der Waals surface area contributed by atoms with Gasteiger partial charge in [-0.3, -0.25) is 4.79 Å². The number of ketones is 1. The predicted octanol–water partition coefficient (Wildman–Crippen LogP) is 5.14. The van der Waals surface area contributed by atoms with Gasteiger partial charge in [-0.2, -0.15) is 0 Å². The van der Waals surface area contributed by atoms with Gasteiger partial charge in [0.25, 0.3) is 0 Å². The zero-order valence-electron chi connectivity index (χ0n) is 11.4. The van der Waals surface area contributed by atoms with Crippen molar-refractivity contribution in [1.29, 1.82) is 0 Å². The van der Waals surface area contributed by atoms with Crippen molar-refractivity contribution in [3.63, 3.8) is 0 Å². The molecule has 3 aromatic rings. The van der Waals surface area contributed by atoms with E-state index in [0.29, 0.717) is 15.6 Å². The van der Waals surface area contributed by atoms with Crippen LogP contribution < -0.4 is 0 Å². The van der Waals surface area contributed by atoms with Gasteiger partial charge in [0.05, 0.1) is 11.6 Å². The fourth-order valence-corrected chi connectivity index (χ4v) is 2.89. The highest BCUT2D eigenvalue weighted by molar-refractivity contribution is 6.35. The van der Waals surface area contributed by atoms with Gasteiger partial charge in [-0.05, 0) is 42.6 Å². The molecule has 0 N–H and O–H groups in total. The molecule has 4 heteroatoms. The third kappa shape index (κ3) is 2.69. The lowest BCUT2D eigenvalue weighted by Gasteiger charge is -2.09. The van der Waals surface area contributed by atoms with E-state index in [1.54, 1.807) is 18.2 Å². The fraction of sp³-hybridized carbons (Fsp3) is 0.118. The molecule has 0 aliphatic rings. The van der Waals surface area contributed by atoms with Crippen molar-refractivity contribution in [2.45, 2.75) is 13.5 Å². The molecule has 0 saturated carbocycles. The summed E-state index contributed by atoms with van der Waals surface area (Å²) in [6.07, 6.45) is 0. The highest BCUT2D eigenvalue weighted by atomic mass is 35.5. The lowest BCUT2D eigenvalue weighted by atomic mass is 10.1. The Kier molecular flexibility index (Phi) is 3.75. The first-order valence-electron chi connectivity index (χ1n) is 6.59. The topological polar surface area (TPSA) is 22.0 Å². The maximum atomic E-state index is 12.5. The average molecular weight is 318 g/mol. The summed E-state index contributed by atoms with van der Waals surface area (Å²) < 4.78 is 1.99. The molecule has 1 heterocycles. The van der Waals surface area contributed by atoms with Gasteiger partial charge in [-0.15, -0.1) is 0 Å². The van der Waals surface area contributed by atoms with Crippen molar-refractivity contribution in [2.75, 3.05) is 0 Å². The third-order valence-electron chi connectivity index (χ3n) is 3.55. The van der Waals surface area contributed by atoms with E-state index in [4.69, 9.17) is 23.2 Å². The Balaban J connectivity index is 2.00. The van der Waals surface area contributed by atoms with Gasteiger partial charge in [-0.25, -0.2) is 0 Å². The number of fused-ring (bicyclic) bond motifs is 1. The first kappa shape index (κ1) is 14.2. The van der Waals surface area contributed by atoms with Gasteiger partial charge in [0, 0.05) is 21.8 Å². The van der Waals surface area contributed by atoms with Gasteiger partial charge in [-0.1, -0.05) is 41.4 Å². The van der Waals surface area contributed by atoms with E-state index >= 15 is 0 Å². The van der Waals surface area contributed by atoms with E-state index in [1.165, 1.54) is 0 Å². The molecule has 0 fully saturated rings. The standard InChI is InChI=1S/C17H13Cl2NO/c1-11-8-12-4-2-3-5-16(12)20(11)10-17(21)14-9-13(18)6-7-15(14)19/h2-9H,10H2,1H3. The smallest absolute Gasteiger partial charge is 0.184 e. The summed E-state index contributed by atoms with van der Waals surface area (Å²) in [6.45, 7) is 2.24. The molecule has 2 aromatic carbocycles. The summed E-state index contributed by atoms with van der Waals surface area (Å²) in [7, 11) is 0. The number of hydrogen-bond donors (Lipinski definition) is 0. The van der Waals surface area contributed by atoms with Crippen LogP contribution in [0.4, 0.5) is 0 Å². The van der Waals surface area contributed by atoms with Crippen LogP contribution in [-0.2, 0) is 6.54 Å². The maximum absolute atomic E-state index is 12.5. The molecule has 0 amide bonds. The number of aromatic nitrogens is 1. The molecular weight excluding hydrogens is 305 g/mol. The second kappa shape index (κ2) is 5.55. The van der Waals surface area contributed by atoms with E-state index in [-0.39, 0.29) is 12.3 Å². The van der Waals surface area contributed by atoms with E-state index in [2.05, 4.69) is 6.07 Å². The first-order chi connectivity index (χ1) is 10.1. The largest absolute Gasteiger partial charge is 0.337 e. The molecule has 3 rings (SSSR count). The van der Waals surface area contributed by atoms with Gasteiger partial charge < -0.3 is 4.57 Å². The van der Waals surface area contributed by atoms with Crippen LogP contribution in [0.3, 0.4) is 0 Å². The highest BCUT2D eigenvalue weighted by Gasteiger charge is 2.14. The Bertz CT molecular complexity index is 836. The number of benzene rings is 2. The number of nitrogens with zero attached hydrogens (tertiary/aromatic N) is 1. The van der Waals surface area contributed by atoms with Crippen LogP contribution >= 0.6 is 23.2 Å². The molecule has 0 unspecified atom stereocenters. The quantitative estimate of drug-likeness (QED) is 0.613. The number of Topliss-reactive ketones (excluding diaryl/α,β-unsaturated/α-hetero) is 1. The van der Waals surface area contributed by atoms with Crippen LogP contribution in [0.15, 0.2) is 48.5 Å². The minimum Gasteiger partial charge on any atom is -0.337 e. The molecule has 0 saturated heterocycles. The number of carbonyl (C=O) groups is 1. The molecule has 1 aromatic heterocycles. The van der Waals surface area contributed by atoms with Crippen LogP contribution in [-0.4, -0.2) is 10.4 Å². The van der Waals surface area contributed by atoms with E-state index in [9.17, 15) is 4.79 Å². The minimum absolute atomic E-state index is 0.0491. The Labute approximate surface area is 132 Å². The molecule has 0 aliphatic heterocycles. The third-order valence-corrected chi connectivity index (χ3v) is 4.11. The highest BCUT2D eigenvalue weighted by Crippen LogP contribution is 2.24. The second-order valence-electron chi connectivity index (χ2n) is 4.98. The maximum Gasteiger partial charge on any atom is 0.184 e. The molecular formula is C17H13Cl2NO. The van der Waals surface area contributed by atoms with Crippen molar-refractivity contribution >= 4 is 39.9 Å². The monoisotopic (exact) mass is 317 g/mol. The van der Waals surface area contributed by atoms with Crippen LogP contribution in [0, 0.1) is 6.92 Å². The van der Waals surface area contributed by atoms with Gasteiger partial charge >= 0.3 is 0 Å². The van der Waals surface area contributed by atoms with Crippen molar-refractivity contribution in [2.24, 2.45) is 0 Å². The minimum atomic E-state index is -0.0491. The normalized spacial score (nSPS) is 11.0. The number of rotatable bonds is 3. The second-order valence-corrected chi connectivity index (χ2v) is 5.82. The molecule has 0 aliphatic carbocycles. The average Bonchev–Trinajstić information content (AvgIpc) is 2.78. The number of halogens is 2. The first-order valence-corrected chi connectivity index (χ1v) is 7.35. The molecule has 2 nitrogen and oxygen atoms in total. The van der Waals surface area contributed by atoms with Crippen LogP contribution in [0.25, 0.3) is 10.9 Å². The Morgan fingerprint density at radius 3 is 2.67 bits per heavy atom. The Morgan fingerprint density at radius 2 is 1.86 bits per heavy atom.